The fourth-order valence-corrected chi connectivity index (χ4v) is 3.12. The number of hydrogen-bond donors (Lipinski definition) is 2. The highest BCUT2D eigenvalue weighted by atomic mass is 16.5. The summed E-state index contributed by atoms with van der Waals surface area (Å²) in [6.45, 7) is 4.70. The quantitative estimate of drug-likeness (QED) is 0.891. The average Bonchev–Trinajstić information content (AvgIpc) is 2.46. The molecular formula is C16H23NO3. The maximum absolute atomic E-state index is 10.5. The number of piperidine rings is 1. The summed E-state index contributed by atoms with van der Waals surface area (Å²) < 4.78 is 11.9. The van der Waals surface area contributed by atoms with Crippen molar-refractivity contribution in [3.8, 4) is 11.5 Å². The van der Waals surface area contributed by atoms with Gasteiger partial charge in [-0.3, -0.25) is 0 Å². The molecule has 1 fully saturated rings. The number of nitrogens with one attached hydrogen (secondary N) is 1. The van der Waals surface area contributed by atoms with E-state index < -0.39 is 6.10 Å². The van der Waals surface area contributed by atoms with E-state index in [1.54, 1.807) is 0 Å². The molecule has 4 nitrogen and oxygen atoms in total. The fourth-order valence-electron chi connectivity index (χ4n) is 3.12. The summed E-state index contributed by atoms with van der Waals surface area (Å²) >= 11 is 0. The van der Waals surface area contributed by atoms with Gasteiger partial charge in [0.05, 0.1) is 12.7 Å². The first-order valence-electron chi connectivity index (χ1n) is 7.57. The van der Waals surface area contributed by atoms with Crippen LogP contribution in [0.4, 0.5) is 0 Å². The van der Waals surface area contributed by atoms with Crippen LogP contribution in [0.2, 0.25) is 0 Å². The van der Waals surface area contributed by atoms with Gasteiger partial charge in [-0.05, 0) is 50.6 Å². The topological polar surface area (TPSA) is 50.7 Å². The highest BCUT2D eigenvalue weighted by Gasteiger charge is 2.41. The summed E-state index contributed by atoms with van der Waals surface area (Å²) in [5.74, 6) is 1.63. The Kier molecular flexibility index (Phi) is 3.85. The first-order valence-corrected chi connectivity index (χ1v) is 7.57. The van der Waals surface area contributed by atoms with Gasteiger partial charge in [-0.2, -0.15) is 0 Å². The van der Waals surface area contributed by atoms with Crippen LogP contribution in [-0.2, 0) is 0 Å². The van der Waals surface area contributed by atoms with Crippen LogP contribution in [0.5, 0.6) is 11.5 Å². The first kappa shape index (κ1) is 13.7. The number of aliphatic hydroxyl groups excluding tert-OH is 1. The van der Waals surface area contributed by atoms with Gasteiger partial charge in [0.1, 0.15) is 17.1 Å². The second-order valence-corrected chi connectivity index (χ2v) is 5.80. The molecule has 0 aliphatic carbocycles. The van der Waals surface area contributed by atoms with E-state index in [0.29, 0.717) is 13.0 Å². The molecule has 0 radical (unpaired) electrons. The molecule has 2 aliphatic heterocycles. The Morgan fingerprint density at radius 1 is 1.40 bits per heavy atom. The molecule has 4 heteroatoms. The van der Waals surface area contributed by atoms with Gasteiger partial charge in [0.15, 0.2) is 0 Å². The molecule has 1 spiro atoms. The van der Waals surface area contributed by atoms with E-state index in [0.717, 1.165) is 49.4 Å². The summed E-state index contributed by atoms with van der Waals surface area (Å²) in [5, 5.41) is 13.8. The lowest BCUT2D eigenvalue weighted by Crippen LogP contribution is -2.49. The largest absolute Gasteiger partial charge is 0.494 e. The third-order valence-corrected chi connectivity index (χ3v) is 4.22. The van der Waals surface area contributed by atoms with Crippen molar-refractivity contribution in [3.05, 3.63) is 23.8 Å². The van der Waals surface area contributed by atoms with Gasteiger partial charge in [-0.1, -0.05) is 6.92 Å². The Labute approximate surface area is 120 Å². The van der Waals surface area contributed by atoms with E-state index in [-0.39, 0.29) is 5.60 Å². The lowest BCUT2D eigenvalue weighted by molar-refractivity contribution is -0.0338. The number of aliphatic hydroxyl groups is 1. The summed E-state index contributed by atoms with van der Waals surface area (Å²) in [5.41, 5.74) is 0.673. The number of benzene rings is 1. The van der Waals surface area contributed by atoms with Crippen LogP contribution in [0, 0.1) is 0 Å². The Hall–Kier alpha value is -1.26. The van der Waals surface area contributed by atoms with Gasteiger partial charge >= 0.3 is 0 Å². The normalized spacial score (nSPS) is 24.0. The minimum atomic E-state index is -0.456. The van der Waals surface area contributed by atoms with Crippen molar-refractivity contribution >= 4 is 0 Å². The monoisotopic (exact) mass is 277 g/mol. The van der Waals surface area contributed by atoms with E-state index in [2.05, 4.69) is 12.2 Å². The Morgan fingerprint density at radius 2 is 2.20 bits per heavy atom. The van der Waals surface area contributed by atoms with Gasteiger partial charge in [0.25, 0.3) is 0 Å². The summed E-state index contributed by atoms with van der Waals surface area (Å²) in [6.07, 6.45) is 3.11. The molecule has 1 saturated heterocycles. The Morgan fingerprint density at radius 3 is 2.95 bits per heavy atom. The molecule has 2 N–H and O–H groups in total. The van der Waals surface area contributed by atoms with Crippen LogP contribution in [0.25, 0.3) is 0 Å². The van der Waals surface area contributed by atoms with E-state index in [1.807, 2.05) is 18.2 Å². The predicted octanol–water partition coefficient (Wildman–Crippen LogP) is 2.41. The van der Waals surface area contributed by atoms with Gasteiger partial charge in [-0.25, -0.2) is 0 Å². The zero-order valence-corrected chi connectivity index (χ0v) is 12.0. The van der Waals surface area contributed by atoms with Crippen LogP contribution >= 0.6 is 0 Å². The van der Waals surface area contributed by atoms with Crippen molar-refractivity contribution in [2.75, 3.05) is 19.7 Å². The molecule has 3 rings (SSSR count). The third kappa shape index (κ3) is 2.63. The van der Waals surface area contributed by atoms with Crippen LogP contribution in [0.1, 0.15) is 44.3 Å². The third-order valence-electron chi connectivity index (χ3n) is 4.22. The molecule has 0 saturated carbocycles. The summed E-state index contributed by atoms with van der Waals surface area (Å²) in [6, 6.07) is 5.79. The Bertz CT molecular complexity index is 469. The highest BCUT2D eigenvalue weighted by molar-refractivity contribution is 5.43. The van der Waals surface area contributed by atoms with Crippen molar-refractivity contribution in [2.24, 2.45) is 0 Å². The Balaban J connectivity index is 1.82. The molecule has 0 bridgehead atoms. The van der Waals surface area contributed by atoms with Crippen LogP contribution in [0.15, 0.2) is 18.2 Å². The molecule has 0 amide bonds. The number of ether oxygens (including phenoxy) is 2. The van der Waals surface area contributed by atoms with Crippen molar-refractivity contribution in [1.29, 1.82) is 0 Å². The molecule has 2 aliphatic rings. The van der Waals surface area contributed by atoms with Gasteiger partial charge < -0.3 is 19.9 Å². The van der Waals surface area contributed by atoms with Crippen molar-refractivity contribution in [3.63, 3.8) is 0 Å². The minimum absolute atomic E-state index is 0.191. The molecule has 0 aromatic heterocycles. The van der Waals surface area contributed by atoms with E-state index in [1.165, 1.54) is 0 Å². The molecule has 110 valence electrons. The zero-order valence-electron chi connectivity index (χ0n) is 12.0. The molecule has 0 unspecified atom stereocenters. The average molecular weight is 277 g/mol. The predicted molar refractivity (Wildman–Crippen MR) is 77.3 cm³/mol. The van der Waals surface area contributed by atoms with Crippen molar-refractivity contribution in [1.82, 2.24) is 5.32 Å². The summed E-state index contributed by atoms with van der Waals surface area (Å²) in [7, 11) is 0. The van der Waals surface area contributed by atoms with Gasteiger partial charge in [0.2, 0.25) is 0 Å². The second-order valence-electron chi connectivity index (χ2n) is 5.80. The zero-order chi connectivity index (χ0) is 14.0. The van der Waals surface area contributed by atoms with Gasteiger partial charge in [0, 0.05) is 12.0 Å². The second kappa shape index (κ2) is 5.62. The number of rotatable bonds is 3. The first-order chi connectivity index (χ1) is 9.72. The lowest BCUT2D eigenvalue weighted by Gasteiger charge is -2.43. The van der Waals surface area contributed by atoms with Crippen LogP contribution in [0.3, 0.4) is 0 Å². The molecule has 1 atom stereocenters. The van der Waals surface area contributed by atoms with E-state index >= 15 is 0 Å². The lowest BCUT2D eigenvalue weighted by atomic mass is 9.82. The minimum Gasteiger partial charge on any atom is -0.494 e. The van der Waals surface area contributed by atoms with E-state index in [9.17, 15) is 5.11 Å². The van der Waals surface area contributed by atoms with Crippen molar-refractivity contribution in [2.45, 2.75) is 44.3 Å². The maximum Gasteiger partial charge on any atom is 0.126 e. The number of hydrogen-bond acceptors (Lipinski definition) is 4. The van der Waals surface area contributed by atoms with E-state index in [4.69, 9.17) is 9.47 Å². The number of fused-ring (bicyclic) bond motifs is 1. The smallest absolute Gasteiger partial charge is 0.126 e. The highest BCUT2D eigenvalue weighted by Crippen LogP contribution is 2.44. The fraction of sp³-hybridized carbons (Fsp3) is 0.625. The van der Waals surface area contributed by atoms with Crippen molar-refractivity contribution < 1.29 is 14.6 Å². The molecular weight excluding hydrogens is 254 g/mol. The maximum atomic E-state index is 10.5. The van der Waals surface area contributed by atoms with Crippen LogP contribution in [-0.4, -0.2) is 30.4 Å². The molecule has 1 aromatic carbocycles. The van der Waals surface area contributed by atoms with Gasteiger partial charge in [-0.15, -0.1) is 0 Å². The molecule has 1 aromatic rings. The standard InChI is InChI=1S/C16H23NO3/c1-2-9-19-12-3-4-15-13(10-12)14(18)11-16(20-15)5-7-17-8-6-16/h3-4,10,14,17-18H,2,5-9,11H2,1H3/t14-/m1/s1. The summed E-state index contributed by atoms with van der Waals surface area (Å²) in [4.78, 5) is 0. The SMILES string of the molecule is CCCOc1ccc2c(c1)[C@H](O)CC1(CCNCC1)O2. The molecule has 2 heterocycles. The van der Waals surface area contributed by atoms with Crippen LogP contribution < -0.4 is 14.8 Å². The molecule has 20 heavy (non-hydrogen) atoms.